The number of thioether (sulfide) groups is 1. The lowest BCUT2D eigenvalue weighted by atomic mass is 10.2. The fourth-order valence-electron chi connectivity index (χ4n) is 1.96. The smallest absolute Gasteiger partial charge is 0.295 e. The van der Waals surface area contributed by atoms with Crippen LogP contribution in [0.1, 0.15) is 0 Å². The Morgan fingerprint density at radius 3 is 3.00 bits per heavy atom. The van der Waals surface area contributed by atoms with Crippen molar-refractivity contribution in [2.24, 2.45) is 0 Å². The second-order valence-corrected chi connectivity index (χ2v) is 6.43. The van der Waals surface area contributed by atoms with Gasteiger partial charge >= 0.3 is 0 Å². The number of halogens is 1. The standard InChI is InChI=1S/C14H9FN4O3S2/c15-8-1-2-10(11(5-8)19(21)22)18-12(20)6-24-14-9-3-4-23-13(9)16-7-17-14/h1-5,7H,6H2,(H,18,20). The fraction of sp³-hybridized carbons (Fsp3) is 0.0714. The van der Waals surface area contributed by atoms with Gasteiger partial charge in [-0.15, -0.1) is 11.3 Å². The number of nitro benzene ring substituents is 1. The molecule has 7 nitrogen and oxygen atoms in total. The predicted molar refractivity (Wildman–Crippen MR) is 89.8 cm³/mol. The summed E-state index contributed by atoms with van der Waals surface area (Å²) in [6.07, 6.45) is 1.42. The summed E-state index contributed by atoms with van der Waals surface area (Å²) in [7, 11) is 0. The molecule has 1 amide bonds. The number of nitrogens with one attached hydrogen (secondary N) is 1. The molecule has 1 aromatic carbocycles. The Morgan fingerprint density at radius 1 is 1.38 bits per heavy atom. The van der Waals surface area contributed by atoms with Crippen molar-refractivity contribution in [1.82, 2.24) is 9.97 Å². The topological polar surface area (TPSA) is 98.0 Å². The lowest BCUT2D eigenvalue weighted by Gasteiger charge is -2.06. The molecule has 0 fully saturated rings. The first-order chi connectivity index (χ1) is 11.5. The SMILES string of the molecule is O=C(CSc1ncnc2sccc12)Nc1ccc(F)cc1[N+](=O)[O-]. The van der Waals surface area contributed by atoms with Gasteiger partial charge in [-0.25, -0.2) is 14.4 Å². The van der Waals surface area contributed by atoms with Crippen molar-refractivity contribution >= 4 is 50.6 Å². The van der Waals surface area contributed by atoms with E-state index >= 15 is 0 Å². The number of fused-ring (bicyclic) bond motifs is 1. The van der Waals surface area contributed by atoms with E-state index in [4.69, 9.17) is 0 Å². The van der Waals surface area contributed by atoms with Crippen LogP contribution in [0.15, 0.2) is 41.0 Å². The molecule has 0 aliphatic heterocycles. The highest BCUT2D eigenvalue weighted by Gasteiger charge is 2.17. The molecule has 3 rings (SSSR count). The van der Waals surface area contributed by atoms with Crippen molar-refractivity contribution in [2.45, 2.75) is 5.03 Å². The molecular weight excluding hydrogens is 355 g/mol. The summed E-state index contributed by atoms with van der Waals surface area (Å²) in [5.74, 6) is -1.18. The Balaban J connectivity index is 1.70. The molecule has 2 heterocycles. The Morgan fingerprint density at radius 2 is 2.21 bits per heavy atom. The first kappa shape index (κ1) is 16.3. The van der Waals surface area contributed by atoms with E-state index in [1.54, 1.807) is 0 Å². The molecule has 0 saturated heterocycles. The number of nitrogens with zero attached hydrogens (tertiary/aromatic N) is 3. The number of carbonyl (C=O) groups is 1. The van der Waals surface area contributed by atoms with E-state index in [0.717, 1.165) is 28.4 Å². The van der Waals surface area contributed by atoms with Crippen LogP contribution in [0.2, 0.25) is 0 Å². The fourth-order valence-corrected chi connectivity index (χ4v) is 3.54. The van der Waals surface area contributed by atoms with Crippen molar-refractivity contribution in [3.8, 4) is 0 Å². The summed E-state index contributed by atoms with van der Waals surface area (Å²) in [6, 6.07) is 4.85. The molecule has 10 heteroatoms. The molecule has 3 aromatic rings. The number of rotatable bonds is 5. The molecule has 2 aromatic heterocycles. The summed E-state index contributed by atoms with van der Waals surface area (Å²) < 4.78 is 13.1. The number of nitro groups is 1. The summed E-state index contributed by atoms with van der Waals surface area (Å²) in [5, 5.41) is 16.7. The molecule has 24 heavy (non-hydrogen) atoms. The van der Waals surface area contributed by atoms with E-state index in [-0.39, 0.29) is 11.4 Å². The van der Waals surface area contributed by atoms with Crippen LogP contribution >= 0.6 is 23.1 Å². The third kappa shape index (κ3) is 3.49. The second kappa shape index (κ2) is 6.89. The normalized spacial score (nSPS) is 10.7. The van der Waals surface area contributed by atoms with E-state index < -0.39 is 22.3 Å². The summed E-state index contributed by atoms with van der Waals surface area (Å²) in [6.45, 7) is 0. The molecule has 0 atom stereocenters. The summed E-state index contributed by atoms with van der Waals surface area (Å²) in [5.41, 5.74) is -0.536. The molecule has 122 valence electrons. The maximum atomic E-state index is 13.1. The van der Waals surface area contributed by atoms with Gasteiger partial charge in [0.25, 0.3) is 5.69 Å². The Hall–Kier alpha value is -2.59. The first-order valence-electron chi connectivity index (χ1n) is 6.59. The number of hydrogen-bond donors (Lipinski definition) is 1. The van der Waals surface area contributed by atoms with Gasteiger partial charge in [-0.2, -0.15) is 0 Å². The number of benzene rings is 1. The zero-order chi connectivity index (χ0) is 17.1. The van der Waals surface area contributed by atoms with Crippen LogP contribution in [0.5, 0.6) is 0 Å². The van der Waals surface area contributed by atoms with Gasteiger partial charge in [0.05, 0.1) is 16.7 Å². The first-order valence-corrected chi connectivity index (χ1v) is 8.46. The van der Waals surface area contributed by atoms with Gasteiger partial charge in [-0.05, 0) is 23.6 Å². The van der Waals surface area contributed by atoms with Crippen LogP contribution in [0, 0.1) is 15.9 Å². The van der Waals surface area contributed by atoms with Gasteiger partial charge in [0.15, 0.2) is 0 Å². The van der Waals surface area contributed by atoms with Crippen molar-refractivity contribution in [3.05, 3.63) is 51.9 Å². The van der Waals surface area contributed by atoms with E-state index in [2.05, 4.69) is 15.3 Å². The maximum absolute atomic E-state index is 13.1. The monoisotopic (exact) mass is 364 g/mol. The van der Waals surface area contributed by atoms with Gasteiger partial charge in [0.1, 0.15) is 27.7 Å². The lowest BCUT2D eigenvalue weighted by molar-refractivity contribution is -0.384. The zero-order valence-electron chi connectivity index (χ0n) is 11.9. The highest BCUT2D eigenvalue weighted by Crippen LogP contribution is 2.28. The van der Waals surface area contributed by atoms with Crippen molar-refractivity contribution in [1.29, 1.82) is 0 Å². The average molecular weight is 364 g/mol. The zero-order valence-corrected chi connectivity index (χ0v) is 13.6. The Bertz CT molecular complexity index is 931. The van der Waals surface area contributed by atoms with Crippen LogP contribution < -0.4 is 5.32 Å². The minimum Gasteiger partial charge on any atom is -0.320 e. The van der Waals surface area contributed by atoms with Crippen LogP contribution in [0.25, 0.3) is 10.2 Å². The second-order valence-electron chi connectivity index (χ2n) is 4.57. The molecule has 0 bridgehead atoms. The van der Waals surface area contributed by atoms with E-state index in [9.17, 15) is 19.3 Å². The number of anilines is 1. The number of amides is 1. The van der Waals surface area contributed by atoms with Crippen molar-refractivity contribution in [3.63, 3.8) is 0 Å². The van der Waals surface area contributed by atoms with Gasteiger partial charge in [-0.3, -0.25) is 14.9 Å². The third-order valence-electron chi connectivity index (χ3n) is 3.00. The van der Waals surface area contributed by atoms with E-state index in [0.29, 0.717) is 5.03 Å². The number of hydrogen-bond acceptors (Lipinski definition) is 7. The molecule has 0 aliphatic carbocycles. The Labute approximate surface area is 143 Å². The molecular formula is C14H9FN4O3S2. The quantitative estimate of drug-likeness (QED) is 0.322. The molecule has 0 saturated carbocycles. The summed E-state index contributed by atoms with van der Waals surface area (Å²) in [4.78, 5) is 31.3. The predicted octanol–water partition coefficient (Wildman–Crippen LogP) is 3.47. The molecule has 1 N–H and O–H groups in total. The minimum atomic E-state index is -0.745. The molecule has 0 radical (unpaired) electrons. The number of aromatic nitrogens is 2. The highest BCUT2D eigenvalue weighted by atomic mass is 32.2. The van der Waals surface area contributed by atoms with Gasteiger partial charge in [0.2, 0.25) is 5.91 Å². The van der Waals surface area contributed by atoms with Gasteiger partial charge < -0.3 is 5.32 Å². The Kier molecular flexibility index (Phi) is 4.67. The highest BCUT2D eigenvalue weighted by molar-refractivity contribution is 8.00. The van der Waals surface area contributed by atoms with Crippen molar-refractivity contribution in [2.75, 3.05) is 11.1 Å². The minimum absolute atomic E-state index is 0.0104. The average Bonchev–Trinajstić information content (AvgIpc) is 3.03. The molecule has 0 aliphatic rings. The van der Waals surface area contributed by atoms with E-state index in [1.165, 1.54) is 29.4 Å². The lowest BCUT2D eigenvalue weighted by Crippen LogP contribution is -2.15. The third-order valence-corrected chi connectivity index (χ3v) is 4.82. The van der Waals surface area contributed by atoms with Gasteiger partial charge in [0, 0.05) is 5.39 Å². The van der Waals surface area contributed by atoms with Crippen LogP contribution in [0.4, 0.5) is 15.8 Å². The molecule has 0 unspecified atom stereocenters. The van der Waals surface area contributed by atoms with Crippen molar-refractivity contribution < 1.29 is 14.1 Å². The van der Waals surface area contributed by atoms with Crippen LogP contribution in [-0.2, 0) is 4.79 Å². The molecule has 0 spiro atoms. The number of carbonyl (C=O) groups excluding carboxylic acids is 1. The van der Waals surface area contributed by atoms with E-state index in [1.807, 2.05) is 11.4 Å². The van der Waals surface area contributed by atoms with Crippen LogP contribution in [0.3, 0.4) is 0 Å². The maximum Gasteiger partial charge on any atom is 0.295 e. The largest absolute Gasteiger partial charge is 0.320 e. The van der Waals surface area contributed by atoms with Crippen LogP contribution in [-0.4, -0.2) is 26.6 Å². The number of thiophene rings is 1. The van der Waals surface area contributed by atoms with Gasteiger partial charge in [-0.1, -0.05) is 11.8 Å². The summed E-state index contributed by atoms with van der Waals surface area (Å²) >= 11 is 2.67.